The van der Waals surface area contributed by atoms with Gasteiger partial charge in [0.25, 0.3) is 11.8 Å². The number of unbranched alkanes of at least 4 members (excludes halogenated alkanes) is 1. The molecule has 1 aliphatic heterocycles. The van der Waals surface area contributed by atoms with E-state index < -0.39 is 0 Å². The molecule has 0 fully saturated rings. The average Bonchev–Trinajstić information content (AvgIpc) is 3.14. The molecule has 3 rings (SSSR count). The van der Waals surface area contributed by atoms with Gasteiger partial charge in [-0.25, -0.2) is 4.79 Å². The zero-order chi connectivity index (χ0) is 25.6. The molecule has 2 aromatic carbocycles. The molecule has 194 valence electrons. The fourth-order valence-electron chi connectivity index (χ4n) is 3.55. The lowest BCUT2D eigenvalue weighted by molar-refractivity contribution is -0.000819. The van der Waals surface area contributed by atoms with Crippen LogP contribution in [0.2, 0.25) is 0 Å². The van der Waals surface area contributed by atoms with Crippen LogP contribution >= 0.6 is 0 Å². The fourth-order valence-corrected chi connectivity index (χ4v) is 3.55. The van der Waals surface area contributed by atoms with Gasteiger partial charge >= 0.3 is 5.97 Å². The number of hydrogen-bond donors (Lipinski definition) is 1. The molecule has 0 unspecified atom stereocenters. The quantitative estimate of drug-likeness (QED) is 0.201. The minimum Gasteiger partial charge on any atom is -0.460 e. The normalized spacial score (nSPS) is 12.6. The molecule has 0 saturated heterocycles. The molecular formula is C27H34N2O7. The molecular weight excluding hydrogens is 464 g/mol. The minimum atomic E-state index is -0.381. The number of nitrogens with one attached hydrogen (secondary N) is 1. The average molecular weight is 499 g/mol. The molecule has 0 atom stereocenters. The van der Waals surface area contributed by atoms with E-state index in [4.69, 9.17) is 18.9 Å². The molecule has 0 bridgehead atoms. The zero-order valence-corrected chi connectivity index (χ0v) is 20.7. The van der Waals surface area contributed by atoms with Crippen molar-refractivity contribution >= 4 is 23.5 Å². The summed E-state index contributed by atoms with van der Waals surface area (Å²) in [5.74, 6) is -0.953. The SMILES string of the molecule is CCCCNc1ccc(C(=O)OCCOCCOCCOCCN2C(=O)c3ccccc3C2=O)cc1. The van der Waals surface area contributed by atoms with Crippen LogP contribution in [0.25, 0.3) is 0 Å². The van der Waals surface area contributed by atoms with Gasteiger partial charge in [-0.05, 0) is 42.8 Å². The van der Waals surface area contributed by atoms with Crippen molar-refractivity contribution in [2.24, 2.45) is 0 Å². The van der Waals surface area contributed by atoms with Crippen LogP contribution in [0, 0.1) is 0 Å². The molecule has 1 heterocycles. The fraction of sp³-hybridized carbons (Fsp3) is 0.444. The Labute approximate surface area is 211 Å². The topological polar surface area (TPSA) is 103 Å². The highest BCUT2D eigenvalue weighted by Gasteiger charge is 2.34. The number of imide groups is 1. The van der Waals surface area contributed by atoms with Crippen LogP contribution in [0.3, 0.4) is 0 Å². The highest BCUT2D eigenvalue weighted by molar-refractivity contribution is 6.21. The Morgan fingerprint density at radius 1 is 0.778 bits per heavy atom. The number of amides is 2. The number of esters is 1. The summed E-state index contributed by atoms with van der Waals surface area (Å²) in [4.78, 5) is 37.8. The second-order valence-electron chi connectivity index (χ2n) is 8.14. The Bertz CT molecular complexity index is 959. The predicted molar refractivity (Wildman–Crippen MR) is 134 cm³/mol. The van der Waals surface area contributed by atoms with Gasteiger partial charge in [0.1, 0.15) is 6.61 Å². The van der Waals surface area contributed by atoms with Crippen LogP contribution in [-0.4, -0.2) is 82.0 Å². The maximum atomic E-state index is 12.3. The van der Waals surface area contributed by atoms with Crippen LogP contribution in [0.5, 0.6) is 0 Å². The van der Waals surface area contributed by atoms with E-state index in [0.29, 0.717) is 43.1 Å². The summed E-state index contributed by atoms with van der Waals surface area (Å²) >= 11 is 0. The summed E-state index contributed by atoms with van der Waals surface area (Å²) in [6, 6.07) is 14.0. The van der Waals surface area contributed by atoms with Crippen molar-refractivity contribution < 1.29 is 33.3 Å². The molecule has 9 heteroatoms. The number of carbonyl (C=O) groups is 3. The first-order chi connectivity index (χ1) is 17.6. The van der Waals surface area contributed by atoms with Crippen LogP contribution in [-0.2, 0) is 18.9 Å². The highest BCUT2D eigenvalue weighted by Crippen LogP contribution is 2.21. The first kappa shape index (κ1) is 27.3. The van der Waals surface area contributed by atoms with E-state index in [2.05, 4.69) is 12.2 Å². The number of rotatable bonds is 17. The van der Waals surface area contributed by atoms with Gasteiger partial charge in [0, 0.05) is 12.2 Å². The van der Waals surface area contributed by atoms with E-state index >= 15 is 0 Å². The third-order valence-corrected chi connectivity index (χ3v) is 5.52. The Morgan fingerprint density at radius 2 is 1.33 bits per heavy atom. The highest BCUT2D eigenvalue weighted by atomic mass is 16.6. The predicted octanol–water partition coefficient (Wildman–Crippen LogP) is 3.40. The van der Waals surface area contributed by atoms with Crippen molar-refractivity contribution in [1.82, 2.24) is 4.90 Å². The second-order valence-corrected chi connectivity index (χ2v) is 8.14. The van der Waals surface area contributed by atoms with Crippen molar-refractivity contribution in [3.63, 3.8) is 0 Å². The van der Waals surface area contributed by atoms with Gasteiger partial charge < -0.3 is 24.3 Å². The van der Waals surface area contributed by atoms with Gasteiger partial charge in [-0.1, -0.05) is 25.5 Å². The number of ether oxygens (including phenoxy) is 4. The minimum absolute atomic E-state index is 0.163. The zero-order valence-electron chi connectivity index (χ0n) is 20.7. The second kappa shape index (κ2) is 15.0. The standard InChI is InChI=1S/C27H34N2O7/c1-2-3-12-28-22-10-8-21(9-11-22)27(32)36-20-19-35-18-17-34-16-15-33-14-13-29-25(30)23-6-4-5-7-24(23)26(29)31/h4-11,28H,2-3,12-20H2,1H3. The monoisotopic (exact) mass is 498 g/mol. The van der Waals surface area contributed by atoms with Crippen LogP contribution in [0.1, 0.15) is 50.8 Å². The van der Waals surface area contributed by atoms with E-state index in [0.717, 1.165) is 25.1 Å². The van der Waals surface area contributed by atoms with Crippen LogP contribution in [0.4, 0.5) is 5.69 Å². The van der Waals surface area contributed by atoms with E-state index in [9.17, 15) is 14.4 Å². The van der Waals surface area contributed by atoms with Crippen molar-refractivity contribution in [3.05, 3.63) is 65.2 Å². The van der Waals surface area contributed by atoms with Crippen molar-refractivity contribution in [3.8, 4) is 0 Å². The molecule has 1 N–H and O–H groups in total. The number of nitrogens with zero attached hydrogens (tertiary/aromatic N) is 1. The lowest BCUT2D eigenvalue weighted by Gasteiger charge is -2.13. The molecule has 0 aromatic heterocycles. The van der Waals surface area contributed by atoms with Gasteiger partial charge in [-0.15, -0.1) is 0 Å². The Balaban J connectivity index is 1.14. The molecule has 0 radical (unpaired) electrons. The summed E-state index contributed by atoms with van der Waals surface area (Å²) in [5, 5.41) is 3.30. The van der Waals surface area contributed by atoms with Crippen LogP contribution < -0.4 is 5.32 Å². The molecule has 0 aliphatic carbocycles. The van der Waals surface area contributed by atoms with Gasteiger partial charge in [-0.2, -0.15) is 0 Å². The molecule has 0 spiro atoms. The number of hydrogen-bond acceptors (Lipinski definition) is 8. The summed E-state index contributed by atoms with van der Waals surface area (Å²) in [6.07, 6.45) is 2.23. The van der Waals surface area contributed by atoms with Gasteiger partial charge in [0.15, 0.2) is 0 Å². The van der Waals surface area contributed by atoms with Crippen molar-refractivity contribution in [2.45, 2.75) is 19.8 Å². The largest absolute Gasteiger partial charge is 0.460 e. The van der Waals surface area contributed by atoms with Gasteiger partial charge in [0.2, 0.25) is 0 Å². The Hall–Kier alpha value is -3.27. The Morgan fingerprint density at radius 3 is 1.92 bits per heavy atom. The third kappa shape index (κ3) is 8.15. The molecule has 9 nitrogen and oxygen atoms in total. The number of benzene rings is 2. The van der Waals surface area contributed by atoms with Gasteiger partial charge in [-0.3, -0.25) is 14.5 Å². The van der Waals surface area contributed by atoms with E-state index in [1.165, 1.54) is 4.90 Å². The third-order valence-electron chi connectivity index (χ3n) is 5.52. The maximum absolute atomic E-state index is 12.3. The first-order valence-electron chi connectivity index (χ1n) is 12.3. The van der Waals surface area contributed by atoms with E-state index in [1.807, 2.05) is 12.1 Å². The summed E-state index contributed by atoms with van der Waals surface area (Å²) in [7, 11) is 0. The van der Waals surface area contributed by atoms with Crippen molar-refractivity contribution in [1.29, 1.82) is 0 Å². The molecule has 2 amide bonds. The number of fused-ring (bicyclic) bond motifs is 1. The number of carbonyl (C=O) groups excluding carboxylic acids is 3. The molecule has 0 saturated carbocycles. The lowest BCUT2D eigenvalue weighted by Crippen LogP contribution is -2.33. The van der Waals surface area contributed by atoms with E-state index in [-0.39, 0.29) is 44.1 Å². The van der Waals surface area contributed by atoms with Crippen molar-refractivity contribution in [2.75, 3.05) is 64.7 Å². The Kier molecular flexibility index (Phi) is 11.4. The van der Waals surface area contributed by atoms with Crippen LogP contribution in [0.15, 0.2) is 48.5 Å². The molecule has 36 heavy (non-hydrogen) atoms. The smallest absolute Gasteiger partial charge is 0.338 e. The van der Waals surface area contributed by atoms with E-state index in [1.54, 1.807) is 36.4 Å². The molecule has 2 aromatic rings. The van der Waals surface area contributed by atoms with Gasteiger partial charge in [0.05, 0.1) is 62.9 Å². The lowest BCUT2D eigenvalue weighted by atomic mass is 10.1. The molecule has 1 aliphatic rings. The number of anilines is 1. The summed E-state index contributed by atoms with van der Waals surface area (Å²) in [5.41, 5.74) is 2.36. The first-order valence-corrected chi connectivity index (χ1v) is 12.3. The summed E-state index contributed by atoms with van der Waals surface area (Å²) in [6.45, 7) is 5.39. The maximum Gasteiger partial charge on any atom is 0.338 e. The summed E-state index contributed by atoms with van der Waals surface area (Å²) < 4.78 is 21.5.